The van der Waals surface area contributed by atoms with Crippen molar-refractivity contribution in [2.24, 2.45) is 0 Å². The van der Waals surface area contributed by atoms with Gasteiger partial charge in [-0.05, 0) is 41.0 Å². The van der Waals surface area contributed by atoms with Gasteiger partial charge in [0.15, 0.2) is 0 Å². The van der Waals surface area contributed by atoms with E-state index in [0.29, 0.717) is 21.2 Å². The first kappa shape index (κ1) is 27.7. The summed E-state index contributed by atoms with van der Waals surface area (Å²) >= 11 is 30.0. The highest BCUT2D eigenvalue weighted by molar-refractivity contribution is 6.55. The molecule has 0 radical (unpaired) electrons. The molecule has 0 saturated carbocycles. The third kappa shape index (κ3) is 6.84. The van der Waals surface area contributed by atoms with Crippen LogP contribution >= 0.6 is 58.0 Å². The molecule has 0 nitrogen and oxygen atoms in total. The summed E-state index contributed by atoms with van der Waals surface area (Å²) in [5, 5.41) is 1.42. The quantitative estimate of drug-likeness (QED) is 0.238. The molecule has 8 heteroatoms. The summed E-state index contributed by atoms with van der Waals surface area (Å²) in [6, 6.07) is 4.21. The Labute approximate surface area is 201 Å². The Morgan fingerprint density at radius 1 is 0.567 bits per heavy atom. The van der Waals surface area contributed by atoms with Gasteiger partial charge in [-0.2, -0.15) is 13.2 Å². The van der Waals surface area contributed by atoms with Crippen LogP contribution in [0.3, 0.4) is 0 Å². The van der Waals surface area contributed by atoms with Crippen LogP contribution in [0.1, 0.15) is 63.8 Å². The minimum atomic E-state index is -4.26. The molecule has 168 valence electrons. The van der Waals surface area contributed by atoms with E-state index in [-0.39, 0.29) is 25.9 Å². The van der Waals surface area contributed by atoms with Crippen molar-refractivity contribution in [2.75, 3.05) is 0 Å². The molecular weight excluding hydrogens is 499 g/mol. The molecule has 0 aliphatic rings. The fraction of sp³-hybridized carbons (Fsp3) is 0.455. The van der Waals surface area contributed by atoms with Gasteiger partial charge in [-0.25, -0.2) is 0 Å². The summed E-state index contributed by atoms with van der Waals surface area (Å²) in [5.74, 6) is 0. The van der Waals surface area contributed by atoms with Gasteiger partial charge < -0.3 is 0 Å². The predicted molar refractivity (Wildman–Crippen MR) is 125 cm³/mol. The number of rotatable bonds is 0. The molecule has 2 rings (SSSR count). The Morgan fingerprint density at radius 3 is 1.27 bits per heavy atom. The van der Waals surface area contributed by atoms with E-state index in [1.165, 1.54) is 12.1 Å². The molecule has 0 N–H and O–H groups in total. The van der Waals surface area contributed by atoms with E-state index in [1.807, 2.05) is 41.5 Å². The van der Waals surface area contributed by atoms with E-state index in [2.05, 4.69) is 0 Å². The van der Waals surface area contributed by atoms with Gasteiger partial charge in [0.2, 0.25) is 0 Å². The molecule has 0 unspecified atom stereocenters. The zero-order chi connectivity index (χ0) is 23.8. The number of hydrogen-bond donors (Lipinski definition) is 0. The van der Waals surface area contributed by atoms with Gasteiger partial charge >= 0.3 is 6.18 Å². The van der Waals surface area contributed by atoms with Gasteiger partial charge in [0.1, 0.15) is 0 Å². The van der Waals surface area contributed by atoms with Crippen molar-refractivity contribution in [2.45, 2.75) is 65.5 Å². The van der Waals surface area contributed by atoms with Crippen LogP contribution in [-0.4, -0.2) is 0 Å². The van der Waals surface area contributed by atoms with Crippen molar-refractivity contribution >= 4 is 58.0 Å². The molecule has 0 heterocycles. The number of hydrogen-bond acceptors (Lipinski definition) is 0. The zero-order valence-corrected chi connectivity index (χ0v) is 21.5. The second kappa shape index (κ2) is 9.67. The molecule has 0 aliphatic carbocycles. The number of alkyl halides is 3. The lowest BCUT2D eigenvalue weighted by Gasteiger charge is -2.24. The van der Waals surface area contributed by atoms with Crippen LogP contribution in [-0.2, 0) is 17.0 Å². The van der Waals surface area contributed by atoms with E-state index in [9.17, 15) is 13.2 Å². The first-order valence-electron chi connectivity index (χ1n) is 8.99. The lowest BCUT2D eigenvalue weighted by molar-refractivity contribution is -0.137. The zero-order valence-electron chi connectivity index (χ0n) is 17.8. The van der Waals surface area contributed by atoms with Crippen molar-refractivity contribution in [1.82, 2.24) is 0 Å². The molecule has 2 aromatic rings. The summed E-state index contributed by atoms with van der Waals surface area (Å²) in [6.07, 6.45) is -4.26. The van der Waals surface area contributed by atoms with Crippen molar-refractivity contribution in [3.63, 3.8) is 0 Å². The molecule has 0 atom stereocenters. The van der Waals surface area contributed by atoms with Gasteiger partial charge in [0, 0.05) is 0 Å². The maximum absolute atomic E-state index is 12.5. The van der Waals surface area contributed by atoms with Crippen molar-refractivity contribution in [3.05, 3.63) is 65.6 Å². The Balaban J connectivity index is 0.000000300. The second-order valence-corrected chi connectivity index (χ2v) is 10.9. The van der Waals surface area contributed by atoms with Gasteiger partial charge in [0.05, 0.1) is 30.7 Å². The van der Waals surface area contributed by atoms with Crippen LogP contribution in [0.4, 0.5) is 13.2 Å². The van der Waals surface area contributed by atoms with Gasteiger partial charge in [-0.3, -0.25) is 0 Å². The minimum absolute atomic E-state index is 0.196. The van der Waals surface area contributed by atoms with Crippen LogP contribution in [0.15, 0.2) is 18.2 Å². The Hall–Kier alpha value is -0.320. The van der Waals surface area contributed by atoms with Crippen LogP contribution in [0, 0.1) is 6.92 Å². The predicted octanol–water partition coefficient (Wildman–Crippen LogP) is 10.6. The largest absolute Gasteiger partial charge is 0.416 e. The highest BCUT2D eigenvalue weighted by atomic mass is 35.5. The molecular formula is C22H24Cl5F3. The third-order valence-electron chi connectivity index (χ3n) is 4.23. The monoisotopic (exact) mass is 520 g/mol. The fourth-order valence-electron chi connectivity index (χ4n) is 2.64. The first-order valence-corrected chi connectivity index (χ1v) is 10.9. The van der Waals surface area contributed by atoms with Crippen LogP contribution in [0.2, 0.25) is 25.1 Å². The molecule has 2 aromatic carbocycles. The lowest BCUT2D eigenvalue weighted by atomic mass is 9.85. The number of aryl methyl sites for hydroxylation is 1. The minimum Gasteiger partial charge on any atom is -0.166 e. The molecule has 0 aliphatic heterocycles. The molecule has 0 bridgehead atoms. The smallest absolute Gasteiger partial charge is 0.166 e. The maximum atomic E-state index is 12.5. The molecule has 30 heavy (non-hydrogen) atoms. The third-order valence-corrected chi connectivity index (χ3v) is 6.51. The van der Waals surface area contributed by atoms with Gasteiger partial charge in [-0.15, -0.1) is 0 Å². The van der Waals surface area contributed by atoms with Crippen molar-refractivity contribution < 1.29 is 13.2 Å². The number of benzene rings is 2. The second-order valence-electron chi connectivity index (χ2n) is 9.03. The van der Waals surface area contributed by atoms with Gasteiger partial charge in [-0.1, -0.05) is 111 Å². The normalized spacial score (nSPS) is 12.5. The molecule has 0 spiro atoms. The van der Waals surface area contributed by atoms with Crippen molar-refractivity contribution in [1.29, 1.82) is 0 Å². The topological polar surface area (TPSA) is 0 Å². The van der Waals surface area contributed by atoms with E-state index < -0.39 is 11.7 Å². The van der Waals surface area contributed by atoms with Crippen LogP contribution < -0.4 is 0 Å². The molecule has 0 aromatic heterocycles. The highest BCUT2D eigenvalue weighted by Crippen LogP contribution is 2.47. The molecule has 0 saturated heterocycles. The summed E-state index contributed by atoms with van der Waals surface area (Å²) in [6.45, 7) is 13.3. The number of halogens is 8. The van der Waals surface area contributed by atoms with Crippen molar-refractivity contribution in [3.8, 4) is 0 Å². The lowest BCUT2D eigenvalue weighted by Crippen LogP contribution is -2.14. The Bertz CT molecular complexity index is 859. The van der Waals surface area contributed by atoms with E-state index >= 15 is 0 Å². The van der Waals surface area contributed by atoms with Crippen LogP contribution in [0.5, 0.6) is 0 Å². The fourth-order valence-corrected chi connectivity index (χ4v) is 4.35. The average molecular weight is 523 g/mol. The summed E-state index contributed by atoms with van der Waals surface area (Å²) in [4.78, 5) is 0. The first-order chi connectivity index (χ1) is 13.3. The van der Waals surface area contributed by atoms with Gasteiger partial charge in [0.25, 0.3) is 0 Å². The average Bonchev–Trinajstić information content (AvgIpc) is 2.55. The Kier molecular flexibility index (Phi) is 8.93. The highest BCUT2D eigenvalue weighted by Gasteiger charge is 2.32. The van der Waals surface area contributed by atoms with E-state index in [4.69, 9.17) is 58.0 Å². The van der Waals surface area contributed by atoms with E-state index in [1.54, 1.807) is 13.0 Å². The summed E-state index contributed by atoms with van der Waals surface area (Å²) < 4.78 is 37.6. The standard InChI is InChI=1S/C12H15F3.C10H9Cl5/c1-8-5-9(11(2,3)4)7-10(6-8)12(13,14)15;1-10(2,3)4-5(11)7(13)9(15)8(14)6(4)12/h5-7H,1-4H3;1-3H3. The summed E-state index contributed by atoms with van der Waals surface area (Å²) in [7, 11) is 0. The summed E-state index contributed by atoms with van der Waals surface area (Å²) in [5.41, 5.74) is 1.01. The van der Waals surface area contributed by atoms with Crippen LogP contribution in [0.25, 0.3) is 0 Å². The molecule has 0 fully saturated rings. The van der Waals surface area contributed by atoms with E-state index in [0.717, 1.165) is 5.56 Å². The molecule has 0 amide bonds. The Morgan fingerprint density at radius 2 is 0.933 bits per heavy atom. The SMILES string of the molecule is CC(C)(C)c1c(Cl)c(Cl)c(Cl)c(Cl)c1Cl.Cc1cc(C(C)(C)C)cc(C(F)(F)F)c1. The maximum Gasteiger partial charge on any atom is 0.416 e.